The van der Waals surface area contributed by atoms with Crippen molar-refractivity contribution in [2.45, 2.75) is 20.0 Å². The second-order valence-electron chi connectivity index (χ2n) is 2.79. The lowest BCUT2D eigenvalue weighted by Gasteiger charge is -2.09. The highest BCUT2D eigenvalue weighted by Crippen LogP contribution is 2.17. The molecule has 0 aliphatic carbocycles. The standard InChI is InChI=1S/C9H12FNO/c1-6-3-4-8(5-9(6)10)7(2)12-11/h3-5,7H,11H2,1-2H3. The van der Waals surface area contributed by atoms with Crippen LogP contribution in [0.2, 0.25) is 0 Å². The molecule has 0 fully saturated rings. The van der Waals surface area contributed by atoms with Crippen molar-refractivity contribution in [2.75, 3.05) is 0 Å². The Balaban J connectivity index is 2.96. The molecule has 0 spiro atoms. The lowest BCUT2D eigenvalue weighted by molar-refractivity contribution is 0.0662. The summed E-state index contributed by atoms with van der Waals surface area (Å²) in [5.41, 5.74) is 1.38. The molecule has 0 radical (unpaired) electrons. The molecule has 0 saturated heterocycles. The lowest BCUT2D eigenvalue weighted by atomic mass is 10.1. The molecule has 0 aliphatic heterocycles. The average molecular weight is 169 g/mol. The molecule has 1 unspecified atom stereocenters. The van der Waals surface area contributed by atoms with Crippen LogP contribution in [0, 0.1) is 12.7 Å². The highest BCUT2D eigenvalue weighted by atomic mass is 19.1. The van der Waals surface area contributed by atoms with Gasteiger partial charge in [-0.05, 0) is 31.0 Å². The van der Waals surface area contributed by atoms with E-state index >= 15 is 0 Å². The number of benzene rings is 1. The van der Waals surface area contributed by atoms with Crippen LogP contribution in [0.4, 0.5) is 4.39 Å². The van der Waals surface area contributed by atoms with Crippen molar-refractivity contribution in [3.8, 4) is 0 Å². The van der Waals surface area contributed by atoms with Gasteiger partial charge in [-0.1, -0.05) is 12.1 Å². The molecule has 1 aromatic rings. The van der Waals surface area contributed by atoms with Gasteiger partial charge in [0.2, 0.25) is 0 Å². The summed E-state index contributed by atoms with van der Waals surface area (Å²) in [4.78, 5) is 4.56. The highest BCUT2D eigenvalue weighted by Gasteiger charge is 2.06. The van der Waals surface area contributed by atoms with E-state index < -0.39 is 0 Å². The van der Waals surface area contributed by atoms with Crippen molar-refractivity contribution < 1.29 is 9.23 Å². The Bertz CT molecular complexity index is 275. The van der Waals surface area contributed by atoms with Crippen molar-refractivity contribution in [3.63, 3.8) is 0 Å². The monoisotopic (exact) mass is 169 g/mol. The van der Waals surface area contributed by atoms with Gasteiger partial charge in [-0.2, -0.15) is 0 Å². The Morgan fingerprint density at radius 2 is 2.17 bits per heavy atom. The first-order valence-corrected chi connectivity index (χ1v) is 3.76. The number of hydrogen-bond acceptors (Lipinski definition) is 2. The number of hydrogen-bond donors (Lipinski definition) is 1. The molecule has 0 amide bonds. The van der Waals surface area contributed by atoms with Gasteiger partial charge in [0.25, 0.3) is 0 Å². The van der Waals surface area contributed by atoms with Gasteiger partial charge in [-0.3, -0.25) is 4.84 Å². The van der Waals surface area contributed by atoms with Crippen LogP contribution in [-0.2, 0) is 4.84 Å². The second kappa shape index (κ2) is 3.65. The van der Waals surface area contributed by atoms with Crippen LogP contribution in [0.25, 0.3) is 0 Å². The Kier molecular flexibility index (Phi) is 2.78. The second-order valence-corrected chi connectivity index (χ2v) is 2.79. The molecule has 1 aromatic carbocycles. The van der Waals surface area contributed by atoms with Gasteiger partial charge in [-0.25, -0.2) is 10.3 Å². The molecule has 0 saturated carbocycles. The zero-order chi connectivity index (χ0) is 9.14. The van der Waals surface area contributed by atoms with Crippen LogP contribution in [0.15, 0.2) is 18.2 Å². The SMILES string of the molecule is Cc1ccc(C(C)ON)cc1F. The first-order valence-electron chi connectivity index (χ1n) is 3.76. The van der Waals surface area contributed by atoms with Crippen LogP contribution in [0.3, 0.4) is 0 Å². The van der Waals surface area contributed by atoms with E-state index in [-0.39, 0.29) is 11.9 Å². The van der Waals surface area contributed by atoms with E-state index in [0.29, 0.717) is 5.56 Å². The van der Waals surface area contributed by atoms with E-state index in [1.165, 1.54) is 6.07 Å². The lowest BCUT2D eigenvalue weighted by Crippen LogP contribution is -2.05. The van der Waals surface area contributed by atoms with Crippen molar-refractivity contribution in [3.05, 3.63) is 35.1 Å². The molecular weight excluding hydrogens is 157 g/mol. The van der Waals surface area contributed by atoms with Crippen molar-refractivity contribution in [1.29, 1.82) is 0 Å². The minimum absolute atomic E-state index is 0.226. The summed E-state index contributed by atoms with van der Waals surface area (Å²) in [6.45, 7) is 3.48. The first-order chi connectivity index (χ1) is 5.65. The normalized spacial score (nSPS) is 13.0. The van der Waals surface area contributed by atoms with E-state index in [1.807, 2.05) is 0 Å². The first kappa shape index (κ1) is 9.16. The van der Waals surface area contributed by atoms with Crippen molar-refractivity contribution in [2.24, 2.45) is 5.90 Å². The van der Waals surface area contributed by atoms with Gasteiger partial charge in [0.15, 0.2) is 0 Å². The minimum Gasteiger partial charge on any atom is -0.297 e. The molecule has 1 rings (SSSR count). The fraction of sp³-hybridized carbons (Fsp3) is 0.333. The minimum atomic E-state index is -0.264. The predicted octanol–water partition coefficient (Wildman–Crippen LogP) is 2.09. The molecule has 3 heteroatoms. The summed E-state index contributed by atoms with van der Waals surface area (Å²) in [5, 5.41) is 0. The largest absolute Gasteiger partial charge is 0.297 e. The summed E-state index contributed by atoms with van der Waals surface area (Å²) in [6, 6.07) is 4.95. The van der Waals surface area contributed by atoms with Crippen LogP contribution >= 0.6 is 0 Å². The summed E-state index contributed by atoms with van der Waals surface area (Å²) in [6.07, 6.45) is -0.264. The van der Waals surface area contributed by atoms with Gasteiger partial charge >= 0.3 is 0 Å². The van der Waals surface area contributed by atoms with Gasteiger partial charge in [0.1, 0.15) is 11.9 Å². The van der Waals surface area contributed by atoms with Gasteiger partial charge in [0, 0.05) is 0 Å². The van der Waals surface area contributed by atoms with Crippen LogP contribution in [0.5, 0.6) is 0 Å². The van der Waals surface area contributed by atoms with Crippen LogP contribution < -0.4 is 5.90 Å². The maximum atomic E-state index is 13.0. The molecule has 0 aliphatic rings. The van der Waals surface area contributed by atoms with E-state index in [4.69, 9.17) is 5.90 Å². The van der Waals surface area contributed by atoms with E-state index in [9.17, 15) is 4.39 Å². The zero-order valence-corrected chi connectivity index (χ0v) is 7.17. The fourth-order valence-electron chi connectivity index (χ4n) is 0.941. The number of halogens is 1. The predicted molar refractivity (Wildman–Crippen MR) is 44.8 cm³/mol. The van der Waals surface area contributed by atoms with E-state index in [1.54, 1.807) is 26.0 Å². The third kappa shape index (κ3) is 1.81. The molecule has 2 nitrogen and oxygen atoms in total. The quantitative estimate of drug-likeness (QED) is 0.688. The summed E-state index contributed by atoms with van der Waals surface area (Å²) in [7, 11) is 0. The fourth-order valence-corrected chi connectivity index (χ4v) is 0.941. The van der Waals surface area contributed by atoms with Gasteiger partial charge < -0.3 is 0 Å². The van der Waals surface area contributed by atoms with Gasteiger partial charge in [-0.15, -0.1) is 0 Å². The molecule has 0 aromatic heterocycles. The third-order valence-electron chi connectivity index (χ3n) is 1.87. The number of nitrogens with two attached hydrogens (primary N) is 1. The molecule has 0 heterocycles. The number of aryl methyl sites for hydroxylation is 1. The van der Waals surface area contributed by atoms with Crippen molar-refractivity contribution in [1.82, 2.24) is 0 Å². The molecule has 0 bridgehead atoms. The molecule has 2 N–H and O–H groups in total. The molecular formula is C9H12FNO. The molecule has 66 valence electrons. The Morgan fingerprint density at radius 1 is 1.50 bits per heavy atom. The third-order valence-corrected chi connectivity index (χ3v) is 1.87. The van der Waals surface area contributed by atoms with Crippen LogP contribution in [-0.4, -0.2) is 0 Å². The van der Waals surface area contributed by atoms with Gasteiger partial charge in [0.05, 0.1) is 0 Å². The highest BCUT2D eigenvalue weighted by molar-refractivity contribution is 5.24. The Morgan fingerprint density at radius 3 is 2.67 bits per heavy atom. The maximum absolute atomic E-state index is 13.0. The van der Waals surface area contributed by atoms with E-state index in [2.05, 4.69) is 4.84 Å². The molecule has 12 heavy (non-hydrogen) atoms. The Hall–Kier alpha value is -0.930. The Labute approximate surface area is 71.1 Å². The van der Waals surface area contributed by atoms with Crippen molar-refractivity contribution >= 4 is 0 Å². The summed E-state index contributed by atoms with van der Waals surface area (Å²) in [5.74, 6) is 4.74. The summed E-state index contributed by atoms with van der Waals surface area (Å²) < 4.78 is 13.0. The maximum Gasteiger partial charge on any atom is 0.126 e. The van der Waals surface area contributed by atoms with Crippen LogP contribution in [0.1, 0.15) is 24.2 Å². The molecule has 1 atom stereocenters. The number of rotatable bonds is 2. The summed E-state index contributed by atoms with van der Waals surface area (Å²) >= 11 is 0. The topological polar surface area (TPSA) is 35.2 Å². The van der Waals surface area contributed by atoms with E-state index in [0.717, 1.165) is 5.56 Å². The zero-order valence-electron chi connectivity index (χ0n) is 7.17. The smallest absolute Gasteiger partial charge is 0.126 e. The average Bonchev–Trinajstić information content (AvgIpc) is 2.08.